The third-order valence-electron chi connectivity index (χ3n) is 13.8. The Bertz CT molecular complexity index is 3480. The first-order valence-electron chi connectivity index (χ1n) is 30.2. The van der Waals surface area contributed by atoms with Crippen LogP contribution in [0.5, 0.6) is 34.5 Å². The Balaban J connectivity index is 0.000000369. The number of ketones is 2. The number of methoxy groups -OCH3 is 5. The molecule has 0 aromatic heterocycles. The van der Waals surface area contributed by atoms with Crippen molar-refractivity contribution in [1.82, 2.24) is 5.32 Å². The average Bonchev–Trinajstić information content (AvgIpc) is 0.928. The Morgan fingerprint density at radius 1 is 0.367 bits per heavy atom. The van der Waals surface area contributed by atoms with E-state index in [2.05, 4.69) is 19.5 Å². The monoisotopic (exact) mass is 1360 g/mol. The molecule has 3 unspecified atom stereocenters. The number of aliphatic hydroxyl groups excluding tert-OH is 1. The normalized spacial score (nSPS) is 11.1. The summed E-state index contributed by atoms with van der Waals surface area (Å²) in [5, 5.41) is 56.0. The van der Waals surface area contributed by atoms with Gasteiger partial charge in [0.1, 0.15) is 60.4 Å². The molecule has 0 saturated heterocycles. The molecule has 0 spiro atoms. The molecule has 6 rings (SSSR count). The Morgan fingerprint density at radius 2 is 0.673 bits per heavy atom. The molecule has 0 heterocycles. The molecule has 0 aliphatic carbocycles. The van der Waals surface area contributed by atoms with Gasteiger partial charge in [0.15, 0.2) is 24.8 Å². The summed E-state index contributed by atoms with van der Waals surface area (Å²) in [6, 6.07) is 38.3. The average molecular weight is 1360 g/mol. The first-order valence-corrected chi connectivity index (χ1v) is 30.2. The number of aliphatic hydroxyl groups is 1. The van der Waals surface area contributed by atoms with Crippen molar-refractivity contribution in [2.45, 2.75) is 76.7 Å². The van der Waals surface area contributed by atoms with Crippen molar-refractivity contribution >= 4 is 65.2 Å². The number of carbonyl (C=O) groups is 11. The maximum absolute atomic E-state index is 12.4. The Kier molecular flexibility index (Phi) is 37.2. The summed E-state index contributed by atoms with van der Waals surface area (Å²) in [5.74, 6) is -5.93. The summed E-state index contributed by atoms with van der Waals surface area (Å²) < 4.78 is 43.8. The van der Waals surface area contributed by atoms with Crippen molar-refractivity contribution in [3.8, 4) is 34.5 Å². The van der Waals surface area contributed by atoms with Crippen LogP contribution in [0.4, 0.5) is 0 Å². The molecule has 98 heavy (non-hydrogen) atoms. The van der Waals surface area contributed by atoms with Crippen LogP contribution in [0.1, 0.15) is 65.5 Å². The summed E-state index contributed by atoms with van der Waals surface area (Å²) >= 11 is 0. The first-order chi connectivity index (χ1) is 46.8. The minimum atomic E-state index is -0.862. The van der Waals surface area contributed by atoms with Gasteiger partial charge in [-0.3, -0.25) is 38.4 Å². The van der Waals surface area contributed by atoms with E-state index in [-0.39, 0.29) is 93.4 Å². The van der Waals surface area contributed by atoms with E-state index in [0.717, 1.165) is 33.4 Å². The minimum Gasteiger partial charge on any atom is -0.508 e. The van der Waals surface area contributed by atoms with Gasteiger partial charge in [0.2, 0.25) is 5.91 Å². The molecule has 0 aliphatic heterocycles. The van der Waals surface area contributed by atoms with Crippen molar-refractivity contribution in [3.63, 3.8) is 0 Å². The lowest BCUT2D eigenvalue weighted by Crippen LogP contribution is -2.44. The zero-order valence-electron chi connectivity index (χ0n) is 54.8. The fourth-order valence-corrected chi connectivity index (χ4v) is 8.53. The van der Waals surface area contributed by atoms with Gasteiger partial charge in [-0.05, 0) is 138 Å². The second kappa shape index (κ2) is 45.1. The summed E-state index contributed by atoms with van der Waals surface area (Å²) in [6.07, 6.45) is 2.06. The van der Waals surface area contributed by atoms with E-state index in [1.165, 1.54) is 71.9 Å². The van der Waals surface area contributed by atoms with Gasteiger partial charge in [-0.15, -0.1) is 0 Å². The molecule has 7 N–H and O–H groups in total. The Hall–Kier alpha value is -11.4. The van der Waals surface area contributed by atoms with Crippen LogP contribution in [0.2, 0.25) is 0 Å². The molecule has 6 aromatic rings. The van der Waals surface area contributed by atoms with Crippen molar-refractivity contribution in [1.29, 1.82) is 0 Å². The number of ether oxygens (including phenoxy) is 9. The lowest BCUT2D eigenvalue weighted by molar-refractivity contribution is -0.151. The van der Waals surface area contributed by atoms with Gasteiger partial charge in [-0.2, -0.15) is 0 Å². The summed E-state index contributed by atoms with van der Waals surface area (Å²) in [4.78, 5) is 128. The molecular formula is C71H81NO26. The number of nitrogens with one attached hydrogen (secondary N) is 1. The molecule has 27 nitrogen and oxygen atoms in total. The van der Waals surface area contributed by atoms with Crippen molar-refractivity contribution < 1.29 is 126 Å². The van der Waals surface area contributed by atoms with Crippen LogP contribution in [-0.4, -0.2) is 170 Å². The lowest BCUT2D eigenvalue weighted by Gasteiger charge is -2.15. The smallest absolute Gasteiger partial charge is 0.343 e. The number of rotatable bonds is 34. The standard InChI is InChI=1S/C28H32O11.C22H24O7.C12H15NO5.C9H10O3/c1-34-26(31)17-37-23-9-4-19(5-10-23)8-13-25(30)39-16-22(29)15-21(28(33)36-3)14-20-6-11-24(12-7-20)38-18-27(32)35-2;1-28-22(27)17(12-16-4-9-19(24)10-5-16)13-20(25)14-29-21(26)11-6-15-2-7-18(23)8-3-15;1-18-12(17)10(13-11(16)7-14)6-8-2-4-9(15)5-3-8;10-8-4-1-7(2-5-8)3-6-9(11)12/h4-7,9-12,21H,8,13-18H2,1-3H3;2-5,7-10,17,23-24H,6,11-14H2,1H3;2-5,10,14-15H,6-7H2,1H3,(H,13,16);1-2,4-5,10H,3,6H2,(H,11,12). The van der Waals surface area contributed by atoms with Gasteiger partial charge in [0, 0.05) is 38.5 Å². The van der Waals surface area contributed by atoms with Crippen molar-refractivity contribution in [3.05, 3.63) is 179 Å². The highest BCUT2D eigenvalue weighted by Gasteiger charge is 2.26. The number of hydrogen-bond acceptors (Lipinski definition) is 25. The molecule has 0 saturated carbocycles. The Labute approximate surface area is 565 Å². The molecule has 0 bridgehead atoms. The summed E-state index contributed by atoms with van der Waals surface area (Å²) in [6.45, 7) is -1.98. The second-order valence-electron chi connectivity index (χ2n) is 21.2. The van der Waals surface area contributed by atoms with E-state index >= 15 is 0 Å². The van der Waals surface area contributed by atoms with E-state index in [4.69, 9.17) is 48.8 Å². The number of aromatic hydroxyl groups is 4. The lowest BCUT2D eigenvalue weighted by atomic mass is 9.94. The number of Topliss-reactive ketones (excluding diaryl/α,β-unsaturated/α-hetero) is 2. The van der Waals surface area contributed by atoms with E-state index in [0.29, 0.717) is 30.8 Å². The van der Waals surface area contributed by atoms with Crippen LogP contribution >= 0.6 is 0 Å². The highest BCUT2D eigenvalue weighted by atomic mass is 16.6. The number of phenols is 4. The van der Waals surface area contributed by atoms with E-state index in [1.54, 1.807) is 109 Å². The van der Waals surface area contributed by atoms with Crippen LogP contribution in [0.15, 0.2) is 146 Å². The highest BCUT2D eigenvalue weighted by molar-refractivity contribution is 5.88. The second-order valence-corrected chi connectivity index (χ2v) is 21.2. The summed E-state index contributed by atoms with van der Waals surface area (Å²) in [7, 11) is 6.24. The molecule has 27 heteroatoms. The zero-order valence-corrected chi connectivity index (χ0v) is 54.8. The number of hydrogen-bond donors (Lipinski definition) is 7. The van der Waals surface area contributed by atoms with Crippen LogP contribution in [0, 0.1) is 11.8 Å². The van der Waals surface area contributed by atoms with Crippen LogP contribution in [-0.2, 0) is 124 Å². The molecule has 0 radical (unpaired) electrons. The fourth-order valence-electron chi connectivity index (χ4n) is 8.53. The highest BCUT2D eigenvalue weighted by Crippen LogP contribution is 2.22. The Morgan fingerprint density at radius 3 is 0.990 bits per heavy atom. The zero-order chi connectivity index (χ0) is 72.4. The predicted octanol–water partition coefficient (Wildman–Crippen LogP) is 5.82. The number of carboxylic acid groups (broad SMARTS) is 1. The van der Waals surface area contributed by atoms with Gasteiger partial charge in [-0.1, -0.05) is 72.8 Å². The molecule has 1 amide bonds. The van der Waals surface area contributed by atoms with Crippen LogP contribution in [0.3, 0.4) is 0 Å². The van der Waals surface area contributed by atoms with Crippen LogP contribution < -0.4 is 14.8 Å². The number of aliphatic carboxylic acids is 1. The van der Waals surface area contributed by atoms with Gasteiger partial charge >= 0.3 is 47.8 Å². The molecule has 6 aromatic carbocycles. The number of carbonyl (C=O) groups excluding carboxylic acids is 10. The molecular weight excluding hydrogens is 1280 g/mol. The number of aryl methyl sites for hydroxylation is 3. The maximum Gasteiger partial charge on any atom is 0.343 e. The minimum absolute atomic E-state index is 0.0560. The molecule has 526 valence electrons. The summed E-state index contributed by atoms with van der Waals surface area (Å²) in [5.41, 5.74) is 4.91. The van der Waals surface area contributed by atoms with Gasteiger partial charge < -0.3 is 78.6 Å². The number of amides is 1. The predicted molar refractivity (Wildman–Crippen MR) is 347 cm³/mol. The molecule has 0 fully saturated rings. The van der Waals surface area contributed by atoms with E-state index in [9.17, 15) is 63.0 Å². The van der Waals surface area contributed by atoms with Crippen molar-refractivity contribution in [2.24, 2.45) is 11.8 Å². The van der Waals surface area contributed by atoms with E-state index < -0.39 is 97.1 Å². The first kappa shape index (κ1) is 80.9. The number of benzene rings is 6. The van der Waals surface area contributed by atoms with Gasteiger partial charge in [0.25, 0.3) is 0 Å². The fraction of sp³-hybridized carbons (Fsp3) is 0.338. The third-order valence-corrected chi connectivity index (χ3v) is 13.8. The van der Waals surface area contributed by atoms with Gasteiger partial charge in [-0.25, -0.2) is 14.4 Å². The SMILES string of the molecule is COC(=O)C(CC(=O)COC(=O)CCc1ccc(O)cc1)Cc1ccc(O)cc1.COC(=O)C(Cc1ccc(O)cc1)NC(=O)CO.COC(=O)COc1ccc(CCC(=O)OCC(=O)CC(Cc2ccc(OCC(=O)OC)cc2)C(=O)OC)cc1.O=C(O)CCc1ccc(O)cc1. The number of esters is 7. The quantitative estimate of drug-likeness (QED) is 0.0185. The van der Waals surface area contributed by atoms with Crippen molar-refractivity contribution in [2.75, 3.05) is 68.6 Å². The number of phenolic OH excluding ortho intramolecular Hbond substituents is 4. The van der Waals surface area contributed by atoms with E-state index in [1.807, 2.05) is 0 Å². The third kappa shape index (κ3) is 34.2. The maximum atomic E-state index is 12.4. The molecule has 3 atom stereocenters. The molecule has 0 aliphatic rings. The van der Waals surface area contributed by atoms with Gasteiger partial charge in [0.05, 0.1) is 47.4 Å². The largest absolute Gasteiger partial charge is 0.508 e. The number of carboxylic acids is 1. The van der Waals surface area contributed by atoms with Crippen LogP contribution in [0.25, 0.3) is 0 Å². The topological polar surface area (TPSA) is 404 Å².